The molecule has 5 nitrogen and oxygen atoms in total. The Morgan fingerprint density at radius 2 is 1.93 bits per heavy atom. The Morgan fingerprint density at radius 1 is 1.07 bits per heavy atom. The van der Waals surface area contributed by atoms with Gasteiger partial charge in [-0.25, -0.2) is 4.99 Å². The Balaban J connectivity index is 0.00000300. The number of hydrogen-bond donors (Lipinski definition) is 2. The molecule has 29 heavy (non-hydrogen) atoms. The predicted octanol–water partition coefficient (Wildman–Crippen LogP) is 4.88. The van der Waals surface area contributed by atoms with Crippen molar-refractivity contribution in [3.8, 4) is 5.75 Å². The van der Waals surface area contributed by atoms with Gasteiger partial charge >= 0.3 is 0 Å². The predicted molar refractivity (Wildman–Crippen MR) is 131 cm³/mol. The molecule has 0 aliphatic rings. The fourth-order valence-electron chi connectivity index (χ4n) is 2.78. The molecule has 0 atom stereocenters. The Kier molecular flexibility index (Phi) is 10.6. The van der Waals surface area contributed by atoms with Crippen molar-refractivity contribution in [3.05, 3.63) is 76.4 Å². The first-order chi connectivity index (χ1) is 13.8. The molecule has 0 saturated carbocycles. The molecule has 7 heteroatoms. The summed E-state index contributed by atoms with van der Waals surface area (Å²) in [5, 5.41) is 8.91. The number of rotatable bonds is 10. The van der Waals surface area contributed by atoms with Gasteiger partial charge in [0.2, 0.25) is 0 Å². The first kappa shape index (κ1) is 23.3. The second-order valence-corrected chi connectivity index (χ2v) is 7.29. The van der Waals surface area contributed by atoms with Crippen LogP contribution in [0.1, 0.15) is 23.1 Å². The molecule has 0 fully saturated rings. The van der Waals surface area contributed by atoms with E-state index in [-0.39, 0.29) is 24.0 Å². The molecule has 2 aromatic heterocycles. The van der Waals surface area contributed by atoms with E-state index in [0.717, 1.165) is 43.4 Å². The summed E-state index contributed by atoms with van der Waals surface area (Å²) in [5.74, 6) is 2.71. The highest BCUT2D eigenvalue weighted by Gasteiger charge is 2.02. The van der Waals surface area contributed by atoms with Gasteiger partial charge in [0.1, 0.15) is 11.5 Å². The zero-order valence-corrected chi connectivity index (χ0v) is 19.7. The van der Waals surface area contributed by atoms with Gasteiger partial charge in [-0.05, 0) is 54.6 Å². The van der Waals surface area contributed by atoms with Crippen LogP contribution in [0.2, 0.25) is 0 Å². The van der Waals surface area contributed by atoms with Crippen LogP contribution >= 0.6 is 35.3 Å². The highest BCUT2D eigenvalue weighted by molar-refractivity contribution is 14.0. The number of hydrogen-bond acceptors (Lipinski definition) is 4. The Labute approximate surface area is 193 Å². The summed E-state index contributed by atoms with van der Waals surface area (Å²) in [4.78, 5) is 5.96. The molecular formula is C22H28IN3O2S. The molecular weight excluding hydrogens is 497 g/mol. The molecule has 0 spiro atoms. The molecule has 2 N–H and O–H groups in total. The lowest BCUT2D eigenvalue weighted by Crippen LogP contribution is -2.39. The van der Waals surface area contributed by atoms with Gasteiger partial charge in [-0.1, -0.05) is 18.2 Å². The second-order valence-electron chi connectivity index (χ2n) is 6.26. The average Bonchev–Trinajstić information content (AvgIpc) is 3.40. The monoisotopic (exact) mass is 525 g/mol. The minimum Gasteiger partial charge on any atom is -0.494 e. The first-order valence-corrected chi connectivity index (χ1v) is 10.5. The van der Waals surface area contributed by atoms with Crippen molar-refractivity contribution in [2.75, 3.05) is 19.7 Å². The molecule has 0 bridgehead atoms. The third-order valence-electron chi connectivity index (χ3n) is 4.13. The van der Waals surface area contributed by atoms with Gasteiger partial charge < -0.3 is 19.8 Å². The van der Waals surface area contributed by atoms with E-state index in [0.29, 0.717) is 13.2 Å². The van der Waals surface area contributed by atoms with E-state index in [9.17, 15) is 0 Å². The van der Waals surface area contributed by atoms with Gasteiger partial charge in [-0.3, -0.25) is 0 Å². The van der Waals surface area contributed by atoms with Crippen molar-refractivity contribution in [2.45, 2.75) is 26.3 Å². The maximum atomic E-state index is 5.58. The quantitative estimate of drug-likeness (QED) is 0.225. The third kappa shape index (κ3) is 8.49. The van der Waals surface area contributed by atoms with E-state index < -0.39 is 0 Å². The van der Waals surface area contributed by atoms with Crippen LogP contribution in [-0.2, 0) is 19.4 Å². The van der Waals surface area contributed by atoms with Crippen LogP contribution in [-0.4, -0.2) is 25.7 Å². The molecule has 0 aliphatic carbocycles. The van der Waals surface area contributed by atoms with Crippen molar-refractivity contribution in [1.29, 1.82) is 0 Å². The number of aliphatic imine (C=N–C) groups is 1. The Hall–Kier alpha value is -2.00. The summed E-state index contributed by atoms with van der Waals surface area (Å²) in [6.07, 6.45) is 3.43. The minimum absolute atomic E-state index is 0. The molecule has 0 aliphatic heterocycles. The van der Waals surface area contributed by atoms with E-state index in [1.807, 2.05) is 31.2 Å². The number of nitrogens with zero attached hydrogens (tertiary/aromatic N) is 1. The topological polar surface area (TPSA) is 58.8 Å². The zero-order chi connectivity index (χ0) is 19.4. The van der Waals surface area contributed by atoms with Gasteiger partial charge in [0.05, 0.1) is 19.4 Å². The van der Waals surface area contributed by atoms with E-state index in [1.54, 1.807) is 17.6 Å². The second kappa shape index (κ2) is 13.3. The smallest absolute Gasteiger partial charge is 0.191 e. The van der Waals surface area contributed by atoms with Crippen LogP contribution in [0.5, 0.6) is 5.75 Å². The van der Waals surface area contributed by atoms with E-state index in [1.165, 1.54) is 10.4 Å². The molecule has 156 valence electrons. The Morgan fingerprint density at radius 3 is 2.66 bits per heavy atom. The molecule has 1 aromatic carbocycles. The van der Waals surface area contributed by atoms with Crippen LogP contribution in [0.4, 0.5) is 0 Å². The maximum Gasteiger partial charge on any atom is 0.191 e. The number of nitrogens with one attached hydrogen (secondary N) is 2. The van der Waals surface area contributed by atoms with Crippen LogP contribution < -0.4 is 15.4 Å². The summed E-state index contributed by atoms with van der Waals surface area (Å²) in [7, 11) is 0. The standard InChI is InChI=1S/C22H27N3O2S.HI/c1-2-26-20-7-3-6-18(16-20)10-12-23-22(25-17-21-9-5-15-28-21)24-13-11-19-8-4-14-27-19;/h3-9,14-16H,2,10-13,17H2,1H3,(H2,23,24,25);1H. The maximum absolute atomic E-state index is 5.58. The van der Waals surface area contributed by atoms with Crippen molar-refractivity contribution in [1.82, 2.24) is 10.6 Å². The summed E-state index contributed by atoms with van der Waals surface area (Å²) in [5.41, 5.74) is 1.24. The molecule has 3 aromatic rings. The highest BCUT2D eigenvalue weighted by atomic mass is 127. The van der Waals surface area contributed by atoms with Gasteiger partial charge in [-0.2, -0.15) is 0 Å². The van der Waals surface area contributed by atoms with Crippen molar-refractivity contribution < 1.29 is 9.15 Å². The lowest BCUT2D eigenvalue weighted by atomic mass is 10.1. The number of ether oxygens (including phenoxy) is 1. The number of thiophene rings is 1. The molecule has 3 rings (SSSR count). The van der Waals surface area contributed by atoms with Crippen LogP contribution in [0.25, 0.3) is 0 Å². The SMILES string of the molecule is CCOc1cccc(CCNC(=NCc2cccs2)NCCc2ccco2)c1.I. The van der Waals surface area contributed by atoms with Crippen molar-refractivity contribution in [2.24, 2.45) is 4.99 Å². The number of guanidine groups is 1. The lowest BCUT2D eigenvalue weighted by molar-refractivity contribution is 0.340. The number of furan rings is 1. The Bertz CT molecular complexity index is 836. The van der Waals surface area contributed by atoms with Crippen molar-refractivity contribution >= 4 is 41.3 Å². The van der Waals surface area contributed by atoms with Gasteiger partial charge in [0.25, 0.3) is 0 Å². The van der Waals surface area contributed by atoms with E-state index in [4.69, 9.17) is 14.1 Å². The molecule has 0 amide bonds. The zero-order valence-electron chi connectivity index (χ0n) is 16.6. The fourth-order valence-corrected chi connectivity index (χ4v) is 3.40. The normalized spacial score (nSPS) is 11.0. The number of benzene rings is 1. The minimum atomic E-state index is 0. The third-order valence-corrected chi connectivity index (χ3v) is 4.99. The molecule has 0 radical (unpaired) electrons. The molecule has 2 heterocycles. The molecule has 0 unspecified atom stereocenters. The van der Waals surface area contributed by atoms with Crippen LogP contribution in [0.3, 0.4) is 0 Å². The summed E-state index contributed by atoms with van der Waals surface area (Å²) >= 11 is 1.72. The van der Waals surface area contributed by atoms with Gasteiger partial charge in [0, 0.05) is 24.4 Å². The summed E-state index contributed by atoms with van der Waals surface area (Å²) in [6, 6.07) is 16.3. The lowest BCUT2D eigenvalue weighted by Gasteiger charge is -2.13. The average molecular weight is 525 g/mol. The van der Waals surface area contributed by atoms with Crippen LogP contribution in [0, 0.1) is 0 Å². The van der Waals surface area contributed by atoms with Gasteiger partial charge in [0.15, 0.2) is 5.96 Å². The van der Waals surface area contributed by atoms with Crippen molar-refractivity contribution in [3.63, 3.8) is 0 Å². The van der Waals surface area contributed by atoms with E-state index in [2.05, 4.69) is 40.3 Å². The first-order valence-electron chi connectivity index (χ1n) is 9.62. The summed E-state index contributed by atoms with van der Waals surface area (Å²) in [6.45, 7) is 4.92. The van der Waals surface area contributed by atoms with E-state index >= 15 is 0 Å². The van der Waals surface area contributed by atoms with Gasteiger partial charge in [-0.15, -0.1) is 35.3 Å². The fraction of sp³-hybridized carbons (Fsp3) is 0.318. The largest absolute Gasteiger partial charge is 0.494 e. The molecule has 0 saturated heterocycles. The number of halogens is 1. The van der Waals surface area contributed by atoms with Crippen LogP contribution in [0.15, 0.2) is 69.6 Å². The highest BCUT2D eigenvalue weighted by Crippen LogP contribution is 2.13. The summed E-state index contributed by atoms with van der Waals surface area (Å²) < 4.78 is 11.0.